The number of hydrogen-bond acceptors (Lipinski definition) is 5. The van der Waals surface area contributed by atoms with Gasteiger partial charge in [-0.05, 0) is 31.4 Å². The monoisotopic (exact) mass is 273 g/mol. The van der Waals surface area contributed by atoms with Crippen LogP contribution in [-0.2, 0) is 4.79 Å². The molecule has 2 atom stereocenters. The summed E-state index contributed by atoms with van der Waals surface area (Å²) in [6, 6.07) is 1.83. The molecule has 0 aliphatic heterocycles. The third-order valence-electron chi connectivity index (χ3n) is 3.85. The van der Waals surface area contributed by atoms with E-state index < -0.39 is 11.9 Å². The van der Waals surface area contributed by atoms with E-state index in [-0.39, 0.29) is 5.92 Å². The van der Waals surface area contributed by atoms with Crippen molar-refractivity contribution in [2.75, 3.05) is 0 Å². The lowest BCUT2D eigenvalue weighted by molar-refractivity contribution is -0.142. The summed E-state index contributed by atoms with van der Waals surface area (Å²) in [7, 11) is 0. The number of carboxylic acids is 1. The van der Waals surface area contributed by atoms with Gasteiger partial charge in [0.25, 0.3) is 0 Å². The highest BCUT2D eigenvalue weighted by Gasteiger charge is 2.37. The first kappa shape index (κ1) is 12.8. The van der Waals surface area contributed by atoms with Crippen LogP contribution in [0.15, 0.2) is 23.0 Å². The summed E-state index contributed by atoms with van der Waals surface area (Å²) in [6.07, 6.45) is 5.75. The Balaban J connectivity index is 1.91. The summed E-state index contributed by atoms with van der Waals surface area (Å²) in [6.45, 7) is 1.92. The Morgan fingerprint density at radius 2 is 2.30 bits per heavy atom. The second-order valence-corrected chi connectivity index (χ2v) is 5.13. The van der Waals surface area contributed by atoms with Crippen molar-refractivity contribution in [3.63, 3.8) is 0 Å². The zero-order chi connectivity index (χ0) is 14.1. The normalized spacial score (nSPS) is 22.1. The summed E-state index contributed by atoms with van der Waals surface area (Å²) in [5.74, 6) is -0.442. The molecule has 20 heavy (non-hydrogen) atoms. The fraction of sp³-hybridized carbons (Fsp3) is 0.429. The smallest absolute Gasteiger partial charge is 0.307 e. The third-order valence-corrected chi connectivity index (χ3v) is 3.85. The van der Waals surface area contributed by atoms with Crippen molar-refractivity contribution in [1.29, 1.82) is 0 Å². The number of pyridine rings is 1. The van der Waals surface area contributed by atoms with Crippen LogP contribution in [0.5, 0.6) is 0 Å². The summed E-state index contributed by atoms with van der Waals surface area (Å²) >= 11 is 0. The third kappa shape index (κ3) is 2.17. The van der Waals surface area contributed by atoms with Gasteiger partial charge in [-0.2, -0.15) is 4.98 Å². The van der Waals surface area contributed by atoms with Crippen LogP contribution < -0.4 is 0 Å². The Morgan fingerprint density at radius 1 is 1.45 bits per heavy atom. The van der Waals surface area contributed by atoms with Crippen molar-refractivity contribution in [3.8, 4) is 11.4 Å². The summed E-state index contributed by atoms with van der Waals surface area (Å²) in [4.78, 5) is 19.6. The topological polar surface area (TPSA) is 89.1 Å². The molecule has 1 fully saturated rings. The predicted molar refractivity (Wildman–Crippen MR) is 70.0 cm³/mol. The zero-order valence-corrected chi connectivity index (χ0v) is 11.1. The molecule has 2 aromatic rings. The molecule has 1 aliphatic rings. The number of rotatable bonds is 3. The molecule has 2 unspecified atom stereocenters. The molecule has 0 saturated heterocycles. The minimum Gasteiger partial charge on any atom is -0.481 e. The molecule has 0 amide bonds. The van der Waals surface area contributed by atoms with Gasteiger partial charge in [-0.3, -0.25) is 9.78 Å². The number of carboxylic acid groups (broad SMARTS) is 1. The first-order chi connectivity index (χ1) is 9.66. The van der Waals surface area contributed by atoms with E-state index in [9.17, 15) is 9.90 Å². The van der Waals surface area contributed by atoms with Crippen LogP contribution in [0.1, 0.15) is 36.6 Å². The number of nitrogens with zero attached hydrogens (tertiary/aromatic N) is 3. The molecule has 0 bridgehead atoms. The number of hydrogen-bond donors (Lipinski definition) is 1. The highest BCUT2D eigenvalue weighted by atomic mass is 16.5. The minimum absolute atomic E-state index is 0.170. The maximum Gasteiger partial charge on any atom is 0.307 e. The van der Waals surface area contributed by atoms with E-state index in [0.29, 0.717) is 18.1 Å². The lowest BCUT2D eigenvalue weighted by atomic mass is 9.96. The molecule has 0 spiro atoms. The van der Waals surface area contributed by atoms with Crippen molar-refractivity contribution < 1.29 is 14.4 Å². The first-order valence-corrected chi connectivity index (χ1v) is 6.64. The van der Waals surface area contributed by atoms with Crippen LogP contribution in [0.2, 0.25) is 0 Å². The van der Waals surface area contributed by atoms with Gasteiger partial charge in [-0.25, -0.2) is 0 Å². The number of aryl methyl sites for hydroxylation is 1. The van der Waals surface area contributed by atoms with Crippen molar-refractivity contribution in [2.45, 2.75) is 32.1 Å². The molecule has 2 heterocycles. The Hall–Kier alpha value is -2.24. The fourth-order valence-electron chi connectivity index (χ4n) is 2.77. The van der Waals surface area contributed by atoms with Crippen LogP contribution in [0.3, 0.4) is 0 Å². The highest BCUT2D eigenvalue weighted by molar-refractivity contribution is 5.71. The zero-order valence-electron chi connectivity index (χ0n) is 11.1. The van der Waals surface area contributed by atoms with E-state index in [1.165, 1.54) is 0 Å². The maximum absolute atomic E-state index is 11.2. The molecule has 0 radical (unpaired) electrons. The highest BCUT2D eigenvalue weighted by Crippen LogP contribution is 2.39. The fourth-order valence-corrected chi connectivity index (χ4v) is 2.77. The second kappa shape index (κ2) is 5.03. The number of aliphatic carboxylic acids is 1. The van der Waals surface area contributed by atoms with Crippen molar-refractivity contribution in [1.82, 2.24) is 15.1 Å². The Morgan fingerprint density at radius 3 is 3.05 bits per heavy atom. The molecule has 1 saturated carbocycles. The first-order valence-electron chi connectivity index (χ1n) is 6.64. The largest absolute Gasteiger partial charge is 0.481 e. The molecule has 6 nitrogen and oxygen atoms in total. The summed E-state index contributed by atoms with van der Waals surface area (Å²) in [5, 5.41) is 13.2. The molecule has 3 rings (SSSR count). The number of carbonyl (C=O) groups is 1. The van der Waals surface area contributed by atoms with Crippen molar-refractivity contribution in [3.05, 3.63) is 29.9 Å². The van der Waals surface area contributed by atoms with Gasteiger partial charge in [0.1, 0.15) is 0 Å². The van der Waals surface area contributed by atoms with Gasteiger partial charge >= 0.3 is 5.97 Å². The molecule has 104 valence electrons. The van der Waals surface area contributed by atoms with Gasteiger partial charge < -0.3 is 9.63 Å². The van der Waals surface area contributed by atoms with E-state index in [0.717, 1.165) is 24.0 Å². The molecule has 1 N–H and O–H groups in total. The standard InChI is InChI=1S/C14H15N3O3/c1-8-7-15-6-5-9(8)12-16-13(20-17-12)10-3-2-4-11(10)14(18)19/h5-7,10-11H,2-4H2,1H3,(H,18,19). The van der Waals surface area contributed by atoms with Gasteiger partial charge in [0.15, 0.2) is 0 Å². The van der Waals surface area contributed by atoms with E-state index in [2.05, 4.69) is 15.1 Å². The Kier molecular flexibility index (Phi) is 3.22. The van der Waals surface area contributed by atoms with Gasteiger partial charge in [-0.1, -0.05) is 11.6 Å². The van der Waals surface area contributed by atoms with E-state index in [4.69, 9.17) is 4.52 Å². The van der Waals surface area contributed by atoms with Gasteiger partial charge in [0.2, 0.25) is 11.7 Å². The molecule has 6 heteroatoms. The molecule has 0 aromatic carbocycles. The lowest BCUT2D eigenvalue weighted by Gasteiger charge is -2.10. The SMILES string of the molecule is Cc1cnccc1-c1noc(C2CCCC2C(=O)O)n1. The van der Waals surface area contributed by atoms with Crippen molar-refractivity contribution in [2.24, 2.45) is 5.92 Å². The lowest BCUT2D eigenvalue weighted by Crippen LogP contribution is -2.17. The number of aromatic nitrogens is 3. The van der Waals surface area contributed by atoms with Crippen LogP contribution in [0.4, 0.5) is 0 Å². The van der Waals surface area contributed by atoms with Gasteiger partial charge in [0, 0.05) is 18.0 Å². The second-order valence-electron chi connectivity index (χ2n) is 5.13. The van der Waals surface area contributed by atoms with Gasteiger partial charge in [0.05, 0.1) is 11.8 Å². The van der Waals surface area contributed by atoms with E-state index in [1.807, 2.05) is 13.0 Å². The summed E-state index contributed by atoms with van der Waals surface area (Å²) in [5.41, 5.74) is 1.82. The molecular weight excluding hydrogens is 258 g/mol. The van der Waals surface area contributed by atoms with Gasteiger partial charge in [-0.15, -0.1) is 0 Å². The quantitative estimate of drug-likeness (QED) is 0.923. The van der Waals surface area contributed by atoms with Crippen LogP contribution in [0.25, 0.3) is 11.4 Å². The molecular formula is C14H15N3O3. The van der Waals surface area contributed by atoms with E-state index in [1.54, 1.807) is 12.4 Å². The van der Waals surface area contributed by atoms with Crippen molar-refractivity contribution >= 4 is 5.97 Å². The van der Waals surface area contributed by atoms with Crippen LogP contribution in [0, 0.1) is 12.8 Å². The molecule has 1 aliphatic carbocycles. The predicted octanol–water partition coefficient (Wildman–Crippen LogP) is 2.41. The summed E-state index contributed by atoms with van der Waals surface area (Å²) < 4.78 is 5.29. The average Bonchev–Trinajstić information content (AvgIpc) is 3.07. The minimum atomic E-state index is -0.785. The Labute approximate surface area is 115 Å². The van der Waals surface area contributed by atoms with Crippen LogP contribution in [-0.4, -0.2) is 26.2 Å². The average molecular weight is 273 g/mol. The van der Waals surface area contributed by atoms with Crippen LogP contribution >= 0.6 is 0 Å². The van der Waals surface area contributed by atoms with E-state index >= 15 is 0 Å². The maximum atomic E-state index is 11.2. The molecule has 2 aromatic heterocycles. The Bertz CT molecular complexity index is 638.